The van der Waals surface area contributed by atoms with Gasteiger partial charge in [0.1, 0.15) is 5.75 Å². The van der Waals surface area contributed by atoms with Gasteiger partial charge in [0, 0.05) is 6.42 Å². The highest BCUT2D eigenvalue weighted by Gasteiger charge is 2.37. The lowest BCUT2D eigenvalue weighted by Gasteiger charge is -2.30. The van der Waals surface area contributed by atoms with Gasteiger partial charge in [-0.05, 0) is 25.0 Å². The largest absolute Gasteiger partial charge is 0.496 e. The van der Waals surface area contributed by atoms with E-state index in [4.69, 9.17) is 4.74 Å². The number of benzene rings is 1. The minimum Gasteiger partial charge on any atom is -0.496 e. The Morgan fingerprint density at radius 2 is 2.05 bits per heavy atom. The summed E-state index contributed by atoms with van der Waals surface area (Å²) in [6.45, 7) is 3.49. The number of ether oxygens (including phenoxy) is 1. The van der Waals surface area contributed by atoms with Gasteiger partial charge in [0.2, 0.25) is 0 Å². The van der Waals surface area contributed by atoms with E-state index in [-0.39, 0.29) is 6.42 Å². The van der Waals surface area contributed by atoms with Crippen LogP contribution in [0.15, 0.2) is 24.3 Å². The second kappa shape index (κ2) is 6.57. The first-order chi connectivity index (χ1) is 8.92. The Hall–Kier alpha value is -1.55. The maximum atomic E-state index is 11.3. The first-order valence-electron chi connectivity index (χ1n) is 6.49. The number of aliphatic hydroxyl groups is 1. The molecule has 4 heteroatoms. The van der Waals surface area contributed by atoms with Gasteiger partial charge >= 0.3 is 5.97 Å². The molecular weight excluding hydrogens is 244 g/mol. The summed E-state index contributed by atoms with van der Waals surface area (Å²) < 4.78 is 5.23. The fourth-order valence-electron chi connectivity index (χ4n) is 2.35. The summed E-state index contributed by atoms with van der Waals surface area (Å²) in [7, 11) is 1.56. The van der Waals surface area contributed by atoms with Crippen molar-refractivity contribution in [3.8, 4) is 5.75 Å². The average molecular weight is 266 g/mol. The number of para-hydroxylation sites is 1. The lowest BCUT2D eigenvalue weighted by Crippen LogP contribution is -2.41. The molecular formula is C15H22O4. The van der Waals surface area contributed by atoms with Crippen LogP contribution in [0.1, 0.15) is 32.3 Å². The van der Waals surface area contributed by atoms with Gasteiger partial charge in [-0.25, -0.2) is 0 Å². The van der Waals surface area contributed by atoms with Crippen LogP contribution in [0.3, 0.4) is 0 Å². The third kappa shape index (κ3) is 3.96. The number of methoxy groups -OCH3 is 1. The van der Waals surface area contributed by atoms with Crippen molar-refractivity contribution < 1.29 is 19.7 Å². The van der Waals surface area contributed by atoms with Gasteiger partial charge in [0.25, 0.3) is 0 Å². The van der Waals surface area contributed by atoms with E-state index < -0.39 is 17.5 Å². The van der Waals surface area contributed by atoms with E-state index in [1.54, 1.807) is 20.1 Å². The van der Waals surface area contributed by atoms with Gasteiger partial charge in [-0.1, -0.05) is 31.5 Å². The SMILES string of the molecule is CCCC(C(=O)O)C(C)(O)Cc1ccccc1OC. The topological polar surface area (TPSA) is 66.8 Å². The Morgan fingerprint density at radius 1 is 1.42 bits per heavy atom. The summed E-state index contributed by atoms with van der Waals surface area (Å²) in [5, 5.41) is 19.8. The molecule has 0 saturated carbocycles. The number of hydrogen-bond donors (Lipinski definition) is 2. The van der Waals surface area contributed by atoms with Gasteiger partial charge in [-0.2, -0.15) is 0 Å². The van der Waals surface area contributed by atoms with Crippen LogP contribution in [0.4, 0.5) is 0 Å². The zero-order valence-corrected chi connectivity index (χ0v) is 11.7. The first kappa shape index (κ1) is 15.5. The molecule has 19 heavy (non-hydrogen) atoms. The van der Waals surface area contributed by atoms with Crippen molar-refractivity contribution in [2.75, 3.05) is 7.11 Å². The molecule has 4 nitrogen and oxygen atoms in total. The van der Waals surface area contributed by atoms with Crippen LogP contribution >= 0.6 is 0 Å². The van der Waals surface area contributed by atoms with Crippen molar-refractivity contribution >= 4 is 5.97 Å². The normalized spacial score (nSPS) is 15.6. The lowest BCUT2D eigenvalue weighted by atomic mass is 9.81. The fourth-order valence-corrected chi connectivity index (χ4v) is 2.35. The van der Waals surface area contributed by atoms with Crippen molar-refractivity contribution in [2.24, 2.45) is 5.92 Å². The Morgan fingerprint density at radius 3 is 2.58 bits per heavy atom. The number of carbonyl (C=O) groups is 1. The molecule has 0 saturated heterocycles. The van der Waals surface area contributed by atoms with Crippen LogP contribution in [0.5, 0.6) is 5.75 Å². The highest BCUT2D eigenvalue weighted by Crippen LogP contribution is 2.30. The minimum atomic E-state index is -1.30. The molecule has 0 radical (unpaired) electrons. The smallest absolute Gasteiger partial charge is 0.309 e. The maximum absolute atomic E-state index is 11.3. The van der Waals surface area contributed by atoms with Crippen LogP contribution in [0, 0.1) is 5.92 Å². The molecule has 0 spiro atoms. The quantitative estimate of drug-likeness (QED) is 0.795. The van der Waals surface area contributed by atoms with E-state index in [9.17, 15) is 15.0 Å². The van der Waals surface area contributed by atoms with Crippen LogP contribution in [0.25, 0.3) is 0 Å². The molecule has 106 valence electrons. The lowest BCUT2D eigenvalue weighted by molar-refractivity contribution is -0.151. The van der Waals surface area contributed by atoms with Crippen LogP contribution in [0.2, 0.25) is 0 Å². The third-order valence-corrected chi connectivity index (χ3v) is 3.37. The molecule has 0 aliphatic rings. The van der Waals surface area contributed by atoms with E-state index in [1.165, 1.54) is 0 Å². The molecule has 0 aliphatic carbocycles. The monoisotopic (exact) mass is 266 g/mol. The molecule has 1 rings (SSSR count). The molecule has 0 aromatic heterocycles. The predicted octanol–water partition coefficient (Wildman–Crippen LogP) is 2.49. The van der Waals surface area contributed by atoms with Gasteiger partial charge in [0.05, 0.1) is 18.6 Å². The predicted molar refractivity (Wildman–Crippen MR) is 73.4 cm³/mol. The number of carboxylic acids is 1. The van der Waals surface area contributed by atoms with Crippen molar-refractivity contribution in [2.45, 2.75) is 38.7 Å². The number of carboxylic acid groups (broad SMARTS) is 1. The Kier molecular flexibility index (Phi) is 5.36. The third-order valence-electron chi connectivity index (χ3n) is 3.37. The second-order valence-electron chi connectivity index (χ2n) is 5.03. The van der Waals surface area contributed by atoms with Crippen molar-refractivity contribution in [3.05, 3.63) is 29.8 Å². The molecule has 0 bridgehead atoms. The van der Waals surface area contributed by atoms with Gasteiger partial charge in [0.15, 0.2) is 0 Å². The fraction of sp³-hybridized carbons (Fsp3) is 0.533. The maximum Gasteiger partial charge on any atom is 0.309 e. The summed E-state index contributed by atoms with van der Waals surface area (Å²) in [6, 6.07) is 7.35. The van der Waals surface area contributed by atoms with Crippen molar-refractivity contribution in [1.29, 1.82) is 0 Å². The molecule has 0 amide bonds. The number of aliphatic carboxylic acids is 1. The molecule has 0 fully saturated rings. The van der Waals surface area contributed by atoms with Crippen LogP contribution in [-0.4, -0.2) is 28.9 Å². The standard InChI is InChI=1S/C15H22O4/c1-4-7-12(14(16)17)15(2,18)10-11-8-5-6-9-13(11)19-3/h5-6,8-9,12,18H,4,7,10H2,1-3H3,(H,16,17). The minimum absolute atomic E-state index is 0.258. The summed E-state index contributed by atoms with van der Waals surface area (Å²) in [4.78, 5) is 11.3. The van der Waals surface area contributed by atoms with Gasteiger partial charge < -0.3 is 14.9 Å². The second-order valence-corrected chi connectivity index (χ2v) is 5.03. The number of rotatable bonds is 7. The van der Waals surface area contributed by atoms with E-state index in [0.717, 1.165) is 12.0 Å². The van der Waals surface area contributed by atoms with Gasteiger partial charge in [-0.15, -0.1) is 0 Å². The highest BCUT2D eigenvalue weighted by molar-refractivity contribution is 5.71. The molecule has 0 aliphatic heterocycles. The van der Waals surface area contributed by atoms with Crippen LogP contribution in [-0.2, 0) is 11.2 Å². The molecule has 1 aromatic rings. The molecule has 2 atom stereocenters. The van der Waals surface area contributed by atoms with E-state index in [2.05, 4.69) is 0 Å². The molecule has 2 N–H and O–H groups in total. The van der Waals surface area contributed by atoms with Crippen LogP contribution < -0.4 is 4.74 Å². The van der Waals surface area contributed by atoms with Gasteiger partial charge in [-0.3, -0.25) is 4.79 Å². The average Bonchev–Trinajstić information content (AvgIpc) is 2.35. The molecule has 0 heterocycles. The molecule has 1 aromatic carbocycles. The molecule has 2 unspecified atom stereocenters. The highest BCUT2D eigenvalue weighted by atomic mass is 16.5. The van der Waals surface area contributed by atoms with E-state index >= 15 is 0 Å². The van der Waals surface area contributed by atoms with E-state index in [1.807, 2.05) is 25.1 Å². The summed E-state index contributed by atoms with van der Waals surface area (Å²) >= 11 is 0. The summed E-state index contributed by atoms with van der Waals surface area (Å²) in [5.41, 5.74) is -0.478. The summed E-state index contributed by atoms with van der Waals surface area (Å²) in [5.74, 6) is -1.06. The first-order valence-corrected chi connectivity index (χ1v) is 6.49. The number of hydrogen-bond acceptors (Lipinski definition) is 3. The Balaban J connectivity index is 2.96. The zero-order chi connectivity index (χ0) is 14.5. The van der Waals surface area contributed by atoms with Crippen molar-refractivity contribution in [1.82, 2.24) is 0 Å². The Bertz CT molecular complexity index is 426. The Labute approximate surface area is 114 Å². The van der Waals surface area contributed by atoms with Crippen molar-refractivity contribution in [3.63, 3.8) is 0 Å². The van der Waals surface area contributed by atoms with E-state index in [0.29, 0.717) is 12.2 Å². The zero-order valence-electron chi connectivity index (χ0n) is 11.7. The summed E-state index contributed by atoms with van der Waals surface area (Å²) in [6.07, 6.45) is 1.44.